The summed E-state index contributed by atoms with van der Waals surface area (Å²) in [4.78, 5) is 0. The van der Waals surface area contributed by atoms with E-state index in [2.05, 4.69) is 12.2 Å². The summed E-state index contributed by atoms with van der Waals surface area (Å²) in [6.07, 6.45) is 0. The third-order valence-electron chi connectivity index (χ3n) is 0. The minimum Gasteiger partial charge on any atom is -0.248 e. The second kappa shape index (κ2) is 46.5. The van der Waals surface area contributed by atoms with Crippen LogP contribution in [0.15, 0.2) is 0 Å². The maximum absolute atomic E-state index is 5.77. The second-order valence-electron chi connectivity index (χ2n) is 0.102. The lowest BCUT2D eigenvalue weighted by Gasteiger charge is -1.07. The molecule has 5 heavy (non-hydrogen) atoms. The monoisotopic (exact) mass is 89.0 g/mol. The van der Waals surface area contributed by atoms with Gasteiger partial charge in [0.15, 0.2) is 0 Å². The number of rotatable bonds is 0. The fourth-order valence-corrected chi connectivity index (χ4v) is 0. The molecule has 0 atom stereocenters. The van der Waals surface area contributed by atoms with Gasteiger partial charge >= 0.3 is 0 Å². The fraction of sp³-hybridized carbons (Fsp3) is 0.667. The number of nitrogens with one attached hydrogen (secondary N) is 1. The van der Waals surface area contributed by atoms with Crippen molar-refractivity contribution in [3.8, 4) is 0 Å². The van der Waals surface area contributed by atoms with E-state index in [1.54, 1.807) is 5.16 Å². The van der Waals surface area contributed by atoms with Crippen molar-refractivity contribution < 1.29 is 0 Å². The summed E-state index contributed by atoms with van der Waals surface area (Å²) in [6, 6.07) is 0. The van der Waals surface area contributed by atoms with E-state index in [0.29, 0.717) is 0 Å². The van der Waals surface area contributed by atoms with E-state index in [-0.39, 0.29) is 0 Å². The molecule has 0 unspecified atom stereocenters. The summed E-state index contributed by atoms with van der Waals surface area (Å²) >= 11 is 3.81. The topological polar surface area (TPSA) is 23.9 Å². The molecular formula is C3H7NS. The highest BCUT2D eigenvalue weighted by Gasteiger charge is 0.975. The summed E-state index contributed by atoms with van der Waals surface area (Å²) < 4.78 is 0. The predicted octanol–water partition coefficient (Wildman–Crippen LogP) is 1.69. The van der Waals surface area contributed by atoms with Crippen LogP contribution in [-0.2, 0) is 0 Å². The van der Waals surface area contributed by atoms with Crippen LogP contribution < -0.4 is 0 Å². The zero-order valence-corrected chi connectivity index (χ0v) is 4.22. The molecule has 0 aliphatic rings. The summed E-state index contributed by atoms with van der Waals surface area (Å²) in [5, 5.41) is 7.36. The Hall–Kier alpha value is -0.200. The smallest absolute Gasteiger partial charge is 0.0554 e. The van der Waals surface area contributed by atoms with Crippen molar-refractivity contribution in [3.05, 3.63) is 0 Å². The number of hydrogen-bond acceptors (Lipinski definition) is 2. The van der Waals surface area contributed by atoms with E-state index < -0.39 is 0 Å². The molecule has 0 amide bonds. The Morgan fingerprint density at radius 2 is 1.60 bits per heavy atom. The predicted molar refractivity (Wildman–Crippen MR) is 26.7 cm³/mol. The Morgan fingerprint density at radius 3 is 1.60 bits per heavy atom. The van der Waals surface area contributed by atoms with Crippen molar-refractivity contribution in [3.63, 3.8) is 0 Å². The normalized spacial score (nSPS) is 2.80. The third-order valence-corrected chi connectivity index (χ3v) is 0. The molecule has 0 bridgehead atoms. The van der Waals surface area contributed by atoms with Gasteiger partial charge in [0, 0.05) is 0 Å². The summed E-state index contributed by atoms with van der Waals surface area (Å²) in [5.74, 6) is 0. The van der Waals surface area contributed by atoms with Crippen molar-refractivity contribution in [2.24, 2.45) is 0 Å². The zero-order valence-electron chi connectivity index (χ0n) is 3.41. The Balaban J connectivity index is 0. The van der Waals surface area contributed by atoms with E-state index in [1.807, 2.05) is 13.8 Å². The van der Waals surface area contributed by atoms with Crippen LogP contribution in [0.4, 0.5) is 0 Å². The standard InChI is InChI=1S/C2H6.CHNS/c1-2;2-1-3/h1-2H3;2H. The number of thiocarbonyl (C=S) groups is 1. The molecule has 1 nitrogen and oxygen atoms in total. The van der Waals surface area contributed by atoms with Gasteiger partial charge in [-0.1, -0.05) is 13.8 Å². The van der Waals surface area contributed by atoms with Gasteiger partial charge in [0.1, 0.15) is 0 Å². The zero-order chi connectivity index (χ0) is 4.71. The second-order valence-corrected chi connectivity index (χ2v) is 0.306. The molecule has 0 fully saturated rings. The van der Waals surface area contributed by atoms with Crippen molar-refractivity contribution in [2.75, 3.05) is 0 Å². The van der Waals surface area contributed by atoms with Gasteiger partial charge in [0.05, 0.1) is 5.16 Å². The first-order chi connectivity index (χ1) is 2.41. The first kappa shape index (κ1) is 8.84. The number of isothiocyanates is 1. The van der Waals surface area contributed by atoms with Gasteiger partial charge in [-0.2, -0.15) is 0 Å². The van der Waals surface area contributed by atoms with Gasteiger partial charge in [0.2, 0.25) is 0 Å². The molecule has 0 aliphatic heterocycles. The Kier molecular flexibility index (Phi) is 82.3. The Labute approximate surface area is 37.5 Å². The first-order valence-corrected chi connectivity index (χ1v) is 1.86. The molecule has 0 rings (SSSR count). The number of hydrogen-bond donors (Lipinski definition) is 1. The lowest BCUT2D eigenvalue weighted by atomic mass is 11.0. The maximum Gasteiger partial charge on any atom is 0.0554 e. The summed E-state index contributed by atoms with van der Waals surface area (Å²) in [7, 11) is 0. The highest BCUT2D eigenvalue weighted by atomic mass is 32.1. The SMILES string of the molecule is CC.N=C=S. The largest absolute Gasteiger partial charge is 0.248 e. The van der Waals surface area contributed by atoms with Crippen LogP contribution in [0, 0.1) is 5.41 Å². The lowest BCUT2D eigenvalue weighted by Crippen LogP contribution is -1.03. The minimum atomic E-state index is 1.58. The highest BCUT2D eigenvalue weighted by molar-refractivity contribution is 7.78. The van der Waals surface area contributed by atoms with E-state index in [1.165, 1.54) is 0 Å². The quantitative estimate of drug-likeness (QED) is 0.354. The van der Waals surface area contributed by atoms with E-state index in [4.69, 9.17) is 5.41 Å². The highest BCUT2D eigenvalue weighted by Crippen LogP contribution is 1.16. The summed E-state index contributed by atoms with van der Waals surface area (Å²) in [5.41, 5.74) is 0. The average molecular weight is 89.2 g/mol. The van der Waals surface area contributed by atoms with Crippen molar-refractivity contribution in [2.45, 2.75) is 13.8 Å². The van der Waals surface area contributed by atoms with Crippen LogP contribution in [-0.4, -0.2) is 5.16 Å². The van der Waals surface area contributed by atoms with Crippen LogP contribution in [0.3, 0.4) is 0 Å². The molecule has 0 radical (unpaired) electrons. The van der Waals surface area contributed by atoms with Gasteiger partial charge in [-0.15, -0.1) is 0 Å². The molecule has 0 aromatic carbocycles. The van der Waals surface area contributed by atoms with Gasteiger partial charge < -0.3 is 0 Å². The fourth-order valence-electron chi connectivity index (χ4n) is 0. The Bertz CT molecular complexity index is 27.9. The minimum absolute atomic E-state index is 1.58. The van der Waals surface area contributed by atoms with Crippen molar-refractivity contribution in [1.29, 1.82) is 5.41 Å². The average Bonchev–Trinajstić information content (AvgIpc) is 1.46. The van der Waals surface area contributed by atoms with Gasteiger partial charge in [-0.05, 0) is 12.2 Å². The molecule has 2 heteroatoms. The van der Waals surface area contributed by atoms with Gasteiger partial charge in [0.25, 0.3) is 0 Å². The van der Waals surface area contributed by atoms with E-state index in [0.717, 1.165) is 0 Å². The third kappa shape index (κ3) is 308. The molecule has 0 aromatic heterocycles. The lowest BCUT2D eigenvalue weighted by molar-refractivity contribution is 1.50. The Morgan fingerprint density at radius 1 is 1.60 bits per heavy atom. The van der Waals surface area contributed by atoms with Crippen LogP contribution >= 0.6 is 12.2 Å². The molecule has 1 N–H and O–H groups in total. The first-order valence-electron chi connectivity index (χ1n) is 1.45. The molecule has 30 valence electrons. The molecule has 0 saturated heterocycles. The maximum atomic E-state index is 5.77. The summed E-state index contributed by atoms with van der Waals surface area (Å²) in [6.45, 7) is 4.00. The van der Waals surface area contributed by atoms with Crippen LogP contribution in [0.25, 0.3) is 0 Å². The molecule has 0 saturated carbocycles. The molecule has 0 aliphatic carbocycles. The van der Waals surface area contributed by atoms with Gasteiger partial charge in [-0.25, -0.2) is 5.41 Å². The van der Waals surface area contributed by atoms with E-state index >= 15 is 0 Å². The van der Waals surface area contributed by atoms with Crippen LogP contribution in [0.5, 0.6) is 0 Å². The van der Waals surface area contributed by atoms with Crippen LogP contribution in [0.1, 0.15) is 13.8 Å². The van der Waals surface area contributed by atoms with Crippen LogP contribution in [0.2, 0.25) is 0 Å². The van der Waals surface area contributed by atoms with E-state index in [9.17, 15) is 0 Å². The van der Waals surface area contributed by atoms with Crippen molar-refractivity contribution in [1.82, 2.24) is 0 Å². The molecular weight excluding hydrogens is 82.1 g/mol. The van der Waals surface area contributed by atoms with Gasteiger partial charge in [-0.3, -0.25) is 0 Å². The molecule has 0 aromatic rings. The molecule has 0 heterocycles. The molecule has 0 spiro atoms. The van der Waals surface area contributed by atoms with Crippen molar-refractivity contribution >= 4 is 17.4 Å².